The van der Waals surface area contributed by atoms with Crippen molar-refractivity contribution >= 4 is 22.6 Å². The fourth-order valence-corrected chi connectivity index (χ4v) is 7.38. The minimum Gasteiger partial charge on any atom is -0.457 e. The summed E-state index contributed by atoms with van der Waals surface area (Å²) in [6, 6.07) is 27.8. The number of aryl methyl sites for hydroxylation is 3. The third-order valence-corrected chi connectivity index (χ3v) is 10.8. The summed E-state index contributed by atoms with van der Waals surface area (Å²) in [7, 11) is 0. The van der Waals surface area contributed by atoms with Gasteiger partial charge in [-0.2, -0.15) is 52.7 Å². The summed E-state index contributed by atoms with van der Waals surface area (Å²) in [5.41, 5.74) is -10.7. The highest BCUT2D eigenvalue weighted by atomic mass is 127. The standard InChI is InChI=1S/C45H31F12IO2/c1-28-2-20-36(21-3-28)59-38-24-14-33(15-25-38)41(44(52,53)54,45(55,56)57)34-16-26-39(27-17-34)60-37-22-8-30(9-23-37)5-4-29-6-10-31(11-7-29)40(42(46,47)48,43(49,50)51)32-12-18-35(58)19-13-32/h2-3,6-27H,4-5H2,1H3. The monoisotopic (exact) mass is 958 g/mol. The number of hydrogen-bond donors (Lipinski definition) is 0. The van der Waals surface area contributed by atoms with Gasteiger partial charge in [0.2, 0.25) is 10.8 Å². The van der Waals surface area contributed by atoms with Crippen LogP contribution < -0.4 is 9.47 Å². The third-order valence-electron chi connectivity index (χ3n) is 10.1. The van der Waals surface area contributed by atoms with Crippen molar-refractivity contribution < 1.29 is 62.2 Å². The highest BCUT2D eigenvalue weighted by Gasteiger charge is 2.73. The molecule has 6 rings (SSSR count). The van der Waals surface area contributed by atoms with Gasteiger partial charge in [0.15, 0.2) is 0 Å². The predicted molar refractivity (Wildman–Crippen MR) is 209 cm³/mol. The minimum atomic E-state index is -5.82. The van der Waals surface area contributed by atoms with E-state index in [9.17, 15) is 52.7 Å². The first kappa shape index (κ1) is 44.4. The molecule has 60 heavy (non-hydrogen) atoms. The van der Waals surface area contributed by atoms with Crippen LogP contribution in [0.1, 0.15) is 38.9 Å². The quantitative estimate of drug-likeness (QED) is 0.0952. The topological polar surface area (TPSA) is 18.5 Å². The van der Waals surface area contributed by atoms with E-state index in [-0.39, 0.29) is 23.7 Å². The van der Waals surface area contributed by atoms with Crippen LogP contribution in [0.5, 0.6) is 23.0 Å². The van der Waals surface area contributed by atoms with Crippen LogP contribution in [0.3, 0.4) is 0 Å². The van der Waals surface area contributed by atoms with Gasteiger partial charge in [-0.05, 0) is 136 Å². The van der Waals surface area contributed by atoms with Crippen molar-refractivity contribution in [2.45, 2.75) is 55.3 Å². The van der Waals surface area contributed by atoms with Crippen LogP contribution in [0.15, 0.2) is 146 Å². The van der Waals surface area contributed by atoms with Gasteiger partial charge in [0.05, 0.1) is 0 Å². The zero-order valence-corrected chi connectivity index (χ0v) is 33.2. The SMILES string of the molecule is Cc1ccc(Oc2ccc(C(c3ccc(Oc4ccc(CCc5ccc(C(c6ccc(I)cc6)(C(F)(F)F)C(F)(F)F)cc5)cc4)cc3)(C(F)(F)F)C(F)(F)F)cc2)cc1. The molecule has 0 heterocycles. The zero-order valence-electron chi connectivity index (χ0n) is 31.0. The van der Waals surface area contributed by atoms with Crippen molar-refractivity contribution in [1.82, 2.24) is 0 Å². The molecular formula is C45H31F12IO2. The molecule has 6 aromatic carbocycles. The molecule has 6 aromatic rings. The molecule has 0 aliphatic carbocycles. The number of benzene rings is 6. The molecule has 0 atom stereocenters. The molecule has 0 unspecified atom stereocenters. The first-order valence-electron chi connectivity index (χ1n) is 17.9. The Morgan fingerprint density at radius 3 is 0.883 bits per heavy atom. The smallest absolute Gasteiger partial charge is 0.411 e. The largest absolute Gasteiger partial charge is 0.457 e. The van der Waals surface area contributed by atoms with E-state index in [4.69, 9.17) is 9.47 Å². The van der Waals surface area contributed by atoms with Gasteiger partial charge in [0.1, 0.15) is 23.0 Å². The van der Waals surface area contributed by atoms with Crippen molar-refractivity contribution in [3.8, 4) is 23.0 Å². The van der Waals surface area contributed by atoms with E-state index in [2.05, 4.69) is 0 Å². The van der Waals surface area contributed by atoms with Crippen molar-refractivity contribution in [3.05, 3.63) is 188 Å². The molecule has 0 spiro atoms. The lowest BCUT2D eigenvalue weighted by molar-refractivity contribution is -0.290. The summed E-state index contributed by atoms with van der Waals surface area (Å²) in [6.45, 7) is 1.83. The van der Waals surface area contributed by atoms with Crippen molar-refractivity contribution in [2.75, 3.05) is 0 Å². The highest BCUT2D eigenvalue weighted by Crippen LogP contribution is 2.58. The molecule has 0 amide bonds. The van der Waals surface area contributed by atoms with Gasteiger partial charge in [-0.1, -0.05) is 90.5 Å². The summed E-state index contributed by atoms with van der Waals surface area (Å²) in [6.07, 6.45) is -22.5. The summed E-state index contributed by atoms with van der Waals surface area (Å²) in [5.74, 6) is 0.492. The number of ether oxygens (including phenoxy) is 2. The predicted octanol–water partition coefficient (Wildman–Crippen LogP) is 14.8. The fraction of sp³-hybridized carbons (Fsp3) is 0.200. The van der Waals surface area contributed by atoms with Crippen molar-refractivity contribution in [3.63, 3.8) is 0 Å². The van der Waals surface area contributed by atoms with Gasteiger partial charge < -0.3 is 9.47 Å². The second-order valence-corrected chi connectivity index (χ2v) is 15.2. The highest BCUT2D eigenvalue weighted by molar-refractivity contribution is 14.1. The Morgan fingerprint density at radius 2 is 0.583 bits per heavy atom. The molecule has 0 radical (unpaired) electrons. The molecule has 15 heteroatoms. The Kier molecular flexibility index (Phi) is 12.3. The van der Waals surface area contributed by atoms with Gasteiger partial charge in [-0.3, -0.25) is 0 Å². The number of rotatable bonds is 11. The third kappa shape index (κ3) is 8.68. The van der Waals surface area contributed by atoms with Gasteiger partial charge >= 0.3 is 24.7 Å². The van der Waals surface area contributed by atoms with Crippen LogP contribution in [0, 0.1) is 10.5 Å². The Bertz CT molecular complexity index is 2320. The first-order chi connectivity index (χ1) is 28.1. The second kappa shape index (κ2) is 16.7. The average molecular weight is 959 g/mol. The van der Waals surface area contributed by atoms with E-state index in [1.807, 2.05) is 6.92 Å². The molecule has 0 aromatic heterocycles. The molecule has 0 aliphatic heterocycles. The van der Waals surface area contributed by atoms with Crippen LogP contribution in [0.4, 0.5) is 52.7 Å². The number of halogens is 13. The lowest BCUT2D eigenvalue weighted by Crippen LogP contribution is -2.54. The Balaban J connectivity index is 1.16. The molecular weight excluding hydrogens is 927 g/mol. The van der Waals surface area contributed by atoms with E-state index in [1.165, 1.54) is 36.4 Å². The second-order valence-electron chi connectivity index (χ2n) is 13.9. The maximum Gasteiger partial charge on any atom is 0.411 e. The summed E-state index contributed by atoms with van der Waals surface area (Å²) in [5, 5.41) is 0. The molecule has 0 saturated heterocycles. The summed E-state index contributed by atoms with van der Waals surface area (Å²) < 4.78 is 187. The van der Waals surface area contributed by atoms with E-state index in [0.29, 0.717) is 39.0 Å². The van der Waals surface area contributed by atoms with Crippen molar-refractivity contribution in [2.24, 2.45) is 0 Å². The zero-order chi connectivity index (χ0) is 43.7. The summed E-state index contributed by atoms with van der Waals surface area (Å²) in [4.78, 5) is 0. The lowest BCUT2D eigenvalue weighted by Gasteiger charge is -2.38. The van der Waals surface area contributed by atoms with Gasteiger partial charge in [0.25, 0.3) is 0 Å². The van der Waals surface area contributed by atoms with E-state index >= 15 is 0 Å². The maximum absolute atomic E-state index is 14.7. The molecule has 0 aliphatic rings. The molecule has 2 nitrogen and oxygen atoms in total. The van der Waals surface area contributed by atoms with Gasteiger partial charge in [0, 0.05) is 3.57 Å². The average Bonchev–Trinajstić information content (AvgIpc) is 3.16. The molecule has 0 fully saturated rings. The first-order valence-corrected chi connectivity index (χ1v) is 19.0. The van der Waals surface area contributed by atoms with Crippen LogP contribution in [-0.4, -0.2) is 24.7 Å². The van der Waals surface area contributed by atoms with Crippen LogP contribution in [0.2, 0.25) is 0 Å². The molecule has 0 saturated carbocycles. The minimum absolute atomic E-state index is 0.0311. The molecule has 314 valence electrons. The Hall–Kier alpha value is -5.19. The molecule has 0 N–H and O–H groups in total. The van der Waals surface area contributed by atoms with E-state index in [0.717, 1.165) is 66.2 Å². The van der Waals surface area contributed by atoms with Crippen LogP contribution in [0.25, 0.3) is 0 Å². The Morgan fingerprint density at radius 1 is 0.350 bits per heavy atom. The van der Waals surface area contributed by atoms with E-state index < -0.39 is 57.8 Å². The Labute approximate surface area is 349 Å². The number of hydrogen-bond acceptors (Lipinski definition) is 2. The van der Waals surface area contributed by atoms with Gasteiger partial charge in [-0.25, -0.2) is 0 Å². The lowest BCUT2D eigenvalue weighted by atomic mass is 9.72. The van der Waals surface area contributed by atoms with Crippen molar-refractivity contribution in [1.29, 1.82) is 0 Å². The van der Waals surface area contributed by atoms with Crippen LogP contribution in [-0.2, 0) is 23.7 Å². The normalized spacial score (nSPS) is 13.0. The van der Waals surface area contributed by atoms with Gasteiger partial charge in [-0.15, -0.1) is 0 Å². The molecule has 0 bridgehead atoms. The summed E-state index contributed by atoms with van der Waals surface area (Å²) >= 11 is 1.78. The fourth-order valence-electron chi connectivity index (χ4n) is 7.02. The maximum atomic E-state index is 14.7. The van der Waals surface area contributed by atoms with Crippen LogP contribution >= 0.6 is 22.6 Å². The van der Waals surface area contributed by atoms with E-state index in [1.54, 1.807) is 59.0 Å². The number of alkyl halides is 12.